The summed E-state index contributed by atoms with van der Waals surface area (Å²) in [4.78, 5) is 13.7. The van der Waals surface area contributed by atoms with E-state index in [9.17, 15) is 13.2 Å². The van der Waals surface area contributed by atoms with Gasteiger partial charge in [0.2, 0.25) is 0 Å². The highest BCUT2D eigenvalue weighted by Gasteiger charge is 2.28. The van der Waals surface area contributed by atoms with Crippen molar-refractivity contribution < 1.29 is 13.2 Å². The van der Waals surface area contributed by atoms with Crippen LogP contribution in [0, 0.1) is 0 Å². The Kier molecular flexibility index (Phi) is 4.38. The number of rotatable bonds is 2. The predicted octanol–water partition coefficient (Wildman–Crippen LogP) is 1.02. The Balaban J connectivity index is 2.06. The number of hydrogen-bond donors (Lipinski definition) is 1. The minimum absolute atomic E-state index is 0.181. The fourth-order valence-electron chi connectivity index (χ4n) is 1.80. The van der Waals surface area contributed by atoms with Crippen LogP contribution >= 0.6 is 34.5 Å². The molecular weight excluding hydrogens is 333 g/mol. The predicted molar refractivity (Wildman–Crippen MR) is 74.9 cm³/mol. The van der Waals surface area contributed by atoms with Gasteiger partial charge in [-0.05, 0) is 6.07 Å². The average molecular weight is 344 g/mol. The molecule has 19 heavy (non-hydrogen) atoms. The number of nitrogens with zero attached hydrogens (tertiary/aromatic N) is 2. The molecule has 0 unspecified atom stereocenters. The van der Waals surface area contributed by atoms with E-state index in [2.05, 4.69) is 0 Å². The van der Waals surface area contributed by atoms with Crippen molar-refractivity contribution in [2.24, 2.45) is 5.14 Å². The summed E-state index contributed by atoms with van der Waals surface area (Å²) >= 11 is 12.8. The summed E-state index contributed by atoms with van der Waals surface area (Å²) in [6.45, 7) is 0.915. The second-order valence-electron chi connectivity index (χ2n) is 3.97. The molecule has 1 aromatic heterocycles. The highest BCUT2D eigenvalue weighted by molar-refractivity contribution is 7.86. The summed E-state index contributed by atoms with van der Waals surface area (Å²) < 4.78 is 24.2. The number of carbonyl (C=O) groups is 1. The first-order valence-electron chi connectivity index (χ1n) is 5.31. The van der Waals surface area contributed by atoms with E-state index in [1.165, 1.54) is 11.0 Å². The summed E-state index contributed by atoms with van der Waals surface area (Å²) in [5.74, 6) is -0.248. The van der Waals surface area contributed by atoms with Crippen molar-refractivity contribution in [2.75, 3.05) is 26.2 Å². The molecular formula is C9H11Cl2N3O3S2. The van der Waals surface area contributed by atoms with Crippen LogP contribution in [0.15, 0.2) is 6.07 Å². The van der Waals surface area contributed by atoms with Gasteiger partial charge >= 0.3 is 0 Å². The topological polar surface area (TPSA) is 83.7 Å². The SMILES string of the molecule is NS(=O)(=O)N1CCN(C(=O)c2cc(Cl)sc2Cl)CC1. The van der Waals surface area contributed by atoms with Crippen molar-refractivity contribution in [3.05, 3.63) is 20.3 Å². The number of nitrogens with two attached hydrogens (primary N) is 1. The Bertz CT molecular complexity index is 594. The summed E-state index contributed by atoms with van der Waals surface area (Å²) in [5.41, 5.74) is 0.348. The Hall–Kier alpha value is -0.380. The largest absolute Gasteiger partial charge is 0.336 e. The van der Waals surface area contributed by atoms with Crippen molar-refractivity contribution in [2.45, 2.75) is 0 Å². The second kappa shape index (κ2) is 5.55. The van der Waals surface area contributed by atoms with Crippen LogP contribution in [0.25, 0.3) is 0 Å². The first kappa shape index (κ1) is 15.0. The molecule has 0 saturated carbocycles. The molecule has 1 fully saturated rings. The standard InChI is InChI=1S/C9H11Cl2N3O3S2/c10-7-5-6(8(11)18-7)9(15)13-1-3-14(4-2-13)19(12,16)17/h5H,1-4H2,(H2,12,16,17). The molecule has 10 heteroatoms. The molecule has 1 amide bonds. The molecule has 1 aliphatic heterocycles. The maximum absolute atomic E-state index is 12.2. The zero-order valence-electron chi connectivity index (χ0n) is 9.67. The molecule has 2 heterocycles. The molecule has 0 aromatic carbocycles. The van der Waals surface area contributed by atoms with Crippen LogP contribution in [-0.2, 0) is 10.2 Å². The second-order valence-corrected chi connectivity index (χ2v) is 7.81. The molecule has 6 nitrogen and oxygen atoms in total. The fraction of sp³-hybridized carbons (Fsp3) is 0.444. The highest BCUT2D eigenvalue weighted by atomic mass is 35.5. The van der Waals surface area contributed by atoms with Gasteiger partial charge < -0.3 is 4.90 Å². The molecule has 1 saturated heterocycles. The van der Waals surface area contributed by atoms with E-state index in [4.69, 9.17) is 28.3 Å². The molecule has 106 valence electrons. The highest BCUT2D eigenvalue weighted by Crippen LogP contribution is 2.32. The van der Waals surface area contributed by atoms with Crippen LogP contribution < -0.4 is 5.14 Å². The number of piperazine rings is 1. The maximum Gasteiger partial charge on any atom is 0.277 e. The lowest BCUT2D eigenvalue weighted by atomic mass is 10.2. The third-order valence-corrected chi connectivity index (χ3v) is 5.35. The van der Waals surface area contributed by atoms with Crippen molar-refractivity contribution in [3.8, 4) is 0 Å². The summed E-state index contributed by atoms with van der Waals surface area (Å²) in [6, 6.07) is 1.52. The van der Waals surface area contributed by atoms with Gasteiger partial charge in [0.1, 0.15) is 4.34 Å². The van der Waals surface area contributed by atoms with Gasteiger partial charge in [-0.15, -0.1) is 11.3 Å². The molecule has 2 rings (SSSR count). The number of hydrogen-bond acceptors (Lipinski definition) is 4. The van der Waals surface area contributed by atoms with Crippen molar-refractivity contribution >= 4 is 50.7 Å². The van der Waals surface area contributed by atoms with E-state index in [1.807, 2.05) is 0 Å². The van der Waals surface area contributed by atoms with Crippen molar-refractivity contribution in [3.63, 3.8) is 0 Å². The van der Waals surface area contributed by atoms with Gasteiger partial charge in [-0.2, -0.15) is 12.7 Å². The van der Waals surface area contributed by atoms with E-state index in [-0.39, 0.29) is 32.1 Å². The number of halogens is 2. The van der Waals surface area contributed by atoms with Gasteiger partial charge in [-0.25, -0.2) is 5.14 Å². The first-order valence-corrected chi connectivity index (χ1v) is 8.38. The number of carbonyl (C=O) groups excluding carboxylic acids is 1. The van der Waals surface area contributed by atoms with Gasteiger partial charge in [-0.1, -0.05) is 23.2 Å². The Morgan fingerprint density at radius 2 is 1.84 bits per heavy atom. The number of thiophene rings is 1. The van der Waals surface area contributed by atoms with E-state index < -0.39 is 10.2 Å². The molecule has 0 spiro atoms. The first-order chi connectivity index (χ1) is 8.79. The zero-order chi connectivity index (χ0) is 14.2. The minimum Gasteiger partial charge on any atom is -0.336 e. The van der Waals surface area contributed by atoms with Crippen LogP contribution in [0.5, 0.6) is 0 Å². The number of amides is 1. The van der Waals surface area contributed by atoms with Gasteiger partial charge in [0, 0.05) is 26.2 Å². The smallest absolute Gasteiger partial charge is 0.277 e. The Labute approximate surface area is 124 Å². The molecule has 0 radical (unpaired) electrons. The maximum atomic E-state index is 12.2. The molecule has 1 aliphatic rings. The van der Waals surface area contributed by atoms with Crippen LogP contribution in [0.4, 0.5) is 0 Å². The third kappa shape index (κ3) is 3.39. The van der Waals surface area contributed by atoms with Crippen molar-refractivity contribution in [1.29, 1.82) is 0 Å². The fourth-order valence-corrected chi connectivity index (χ4v) is 3.92. The van der Waals surface area contributed by atoms with E-state index in [0.717, 1.165) is 15.6 Å². The quantitative estimate of drug-likeness (QED) is 0.869. The lowest BCUT2D eigenvalue weighted by Gasteiger charge is -2.32. The summed E-state index contributed by atoms with van der Waals surface area (Å²) in [5, 5.41) is 5.03. The Morgan fingerprint density at radius 3 is 2.26 bits per heavy atom. The van der Waals surface area contributed by atoms with E-state index >= 15 is 0 Å². The van der Waals surface area contributed by atoms with Crippen molar-refractivity contribution in [1.82, 2.24) is 9.21 Å². The molecule has 0 aliphatic carbocycles. The normalized spacial score (nSPS) is 17.7. The van der Waals surface area contributed by atoms with Crippen LogP contribution in [0.3, 0.4) is 0 Å². The third-order valence-electron chi connectivity index (χ3n) is 2.77. The Morgan fingerprint density at radius 1 is 1.26 bits per heavy atom. The molecule has 1 aromatic rings. The monoisotopic (exact) mass is 343 g/mol. The zero-order valence-corrected chi connectivity index (χ0v) is 12.8. The lowest BCUT2D eigenvalue weighted by Crippen LogP contribution is -2.52. The van der Waals surface area contributed by atoms with Gasteiger partial charge in [0.25, 0.3) is 16.1 Å². The van der Waals surface area contributed by atoms with Crippen LogP contribution in [0.2, 0.25) is 8.67 Å². The molecule has 2 N–H and O–H groups in total. The van der Waals surface area contributed by atoms with E-state index in [1.54, 1.807) is 0 Å². The van der Waals surface area contributed by atoms with Gasteiger partial charge in [-0.3, -0.25) is 4.79 Å². The minimum atomic E-state index is -3.69. The van der Waals surface area contributed by atoms with Gasteiger partial charge in [0.05, 0.1) is 9.90 Å². The average Bonchev–Trinajstić information content (AvgIpc) is 2.66. The molecule has 0 bridgehead atoms. The summed E-state index contributed by atoms with van der Waals surface area (Å²) in [7, 11) is -3.69. The van der Waals surface area contributed by atoms with Crippen LogP contribution in [0.1, 0.15) is 10.4 Å². The summed E-state index contributed by atoms with van der Waals surface area (Å²) in [6.07, 6.45) is 0. The lowest BCUT2D eigenvalue weighted by molar-refractivity contribution is 0.0698. The van der Waals surface area contributed by atoms with Crippen LogP contribution in [-0.4, -0.2) is 49.7 Å². The van der Waals surface area contributed by atoms with E-state index in [0.29, 0.717) is 14.2 Å². The van der Waals surface area contributed by atoms with Gasteiger partial charge in [0.15, 0.2) is 0 Å². The molecule has 0 atom stereocenters.